The number of hydrogen-bond donors (Lipinski definition) is 1. The lowest BCUT2D eigenvalue weighted by molar-refractivity contribution is 0.102. The fourth-order valence-corrected chi connectivity index (χ4v) is 2.78. The van der Waals surface area contributed by atoms with E-state index in [2.05, 4.69) is 42.3 Å². The summed E-state index contributed by atoms with van der Waals surface area (Å²) in [6.07, 6.45) is 0. The second kappa shape index (κ2) is 5.53. The zero-order valence-electron chi connectivity index (χ0n) is 11.7. The molecule has 0 spiro atoms. The number of thiazole rings is 1. The van der Waals surface area contributed by atoms with Crippen molar-refractivity contribution in [2.24, 2.45) is 0 Å². The number of Topliss-reactive ketones (excluding diaryl/α,β-unsaturated/α-hetero) is 1. The van der Waals surface area contributed by atoms with Gasteiger partial charge in [-0.15, -0.1) is 11.3 Å². The first kappa shape index (κ1) is 13.7. The van der Waals surface area contributed by atoms with Crippen LogP contribution in [0.2, 0.25) is 0 Å². The standard InChI is InChI=1S/C15H18N2OS/c1-9-5-6-13(7-10(9)2)16-8-14-17-11(3)15(19-14)12(4)18/h5-7,16H,8H2,1-4H3. The summed E-state index contributed by atoms with van der Waals surface area (Å²) in [7, 11) is 0. The molecule has 0 radical (unpaired) electrons. The number of ketones is 1. The van der Waals surface area contributed by atoms with Gasteiger partial charge in [0.2, 0.25) is 0 Å². The number of carbonyl (C=O) groups excluding carboxylic acids is 1. The number of aromatic nitrogens is 1. The molecule has 0 aliphatic rings. The molecule has 0 saturated carbocycles. The maximum absolute atomic E-state index is 11.4. The van der Waals surface area contributed by atoms with Crippen molar-refractivity contribution < 1.29 is 4.79 Å². The maximum Gasteiger partial charge on any atom is 0.171 e. The number of nitrogens with zero attached hydrogens (tertiary/aromatic N) is 1. The second-order valence-corrected chi connectivity index (χ2v) is 5.81. The van der Waals surface area contributed by atoms with E-state index in [9.17, 15) is 4.79 Å². The van der Waals surface area contributed by atoms with Gasteiger partial charge in [-0.2, -0.15) is 0 Å². The van der Waals surface area contributed by atoms with Gasteiger partial charge in [-0.3, -0.25) is 4.79 Å². The van der Waals surface area contributed by atoms with Gasteiger partial charge in [-0.05, 0) is 44.0 Å². The van der Waals surface area contributed by atoms with Gasteiger partial charge in [0.05, 0.1) is 17.1 Å². The zero-order chi connectivity index (χ0) is 14.0. The average molecular weight is 274 g/mol. The molecule has 2 aromatic rings. The average Bonchev–Trinajstić information content (AvgIpc) is 2.72. The molecule has 0 unspecified atom stereocenters. The van der Waals surface area contributed by atoms with Crippen LogP contribution in [-0.2, 0) is 6.54 Å². The van der Waals surface area contributed by atoms with Gasteiger partial charge in [0.1, 0.15) is 5.01 Å². The predicted molar refractivity (Wildman–Crippen MR) is 80.1 cm³/mol. The molecule has 0 atom stereocenters. The first-order valence-corrected chi connectivity index (χ1v) is 7.07. The summed E-state index contributed by atoms with van der Waals surface area (Å²) in [5.41, 5.74) is 4.47. The minimum atomic E-state index is 0.0902. The van der Waals surface area contributed by atoms with E-state index in [1.54, 1.807) is 6.92 Å². The molecule has 2 rings (SSSR count). The van der Waals surface area contributed by atoms with Gasteiger partial charge in [-0.25, -0.2) is 4.98 Å². The predicted octanol–water partition coefficient (Wildman–Crippen LogP) is 3.88. The molecule has 0 amide bonds. The molecule has 4 heteroatoms. The van der Waals surface area contributed by atoms with Gasteiger partial charge in [0.25, 0.3) is 0 Å². The molecular formula is C15H18N2OS. The molecule has 3 nitrogen and oxygen atoms in total. The fourth-order valence-electron chi connectivity index (χ4n) is 1.88. The lowest BCUT2D eigenvalue weighted by atomic mass is 10.1. The van der Waals surface area contributed by atoms with Crippen molar-refractivity contribution in [1.82, 2.24) is 4.98 Å². The molecule has 1 heterocycles. The monoisotopic (exact) mass is 274 g/mol. The van der Waals surface area contributed by atoms with E-state index >= 15 is 0 Å². The Morgan fingerprint density at radius 3 is 2.58 bits per heavy atom. The summed E-state index contributed by atoms with van der Waals surface area (Å²) in [6, 6.07) is 6.29. The molecule has 0 aliphatic heterocycles. The summed E-state index contributed by atoms with van der Waals surface area (Å²) in [5.74, 6) is 0.0902. The topological polar surface area (TPSA) is 42.0 Å². The van der Waals surface area contributed by atoms with E-state index in [1.807, 2.05) is 6.92 Å². The molecule has 1 N–H and O–H groups in total. The molecule has 19 heavy (non-hydrogen) atoms. The second-order valence-electron chi connectivity index (χ2n) is 4.73. The molecule has 100 valence electrons. The molecule has 0 saturated heterocycles. The molecule has 0 fully saturated rings. The lowest BCUT2D eigenvalue weighted by Crippen LogP contribution is -1.99. The molecule has 1 aromatic carbocycles. The number of anilines is 1. The third-order valence-corrected chi connectivity index (χ3v) is 4.37. The van der Waals surface area contributed by atoms with E-state index in [4.69, 9.17) is 0 Å². The molecule has 1 aromatic heterocycles. The summed E-state index contributed by atoms with van der Waals surface area (Å²) in [6.45, 7) is 8.32. The molecule has 0 bridgehead atoms. The van der Waals surface area contributed by atoms with Crippen molar-refractivity contribution in [3.05, 3.63) is 44.9 Å². The Labute approximate surface area is 117 Å². The highest BCUT2D eigenvalue weighted by molar-refractivity contribution is 7.13. The minimum absolute atomic E-state index is 0.0902. The van der Waals surface area contributed by atoms with E-state index in [-0.39, 0.29) is 5.78 Å². The lowest BCUT2D eigenvalue weighted by Gasteiger charge is -2.06. The van der Waals surface area contributed by atoms with Crippen molar-refractivity contribution in [2.45, 2.75) is 34.2 Å². The molecular weight excluding hydrogens is 256 g/mol. The van der Waals surface area contributed by atoms with Crippen molar-refractivity contribution in [1.29, 1.82) is 0 Å². The highest BCUT2D eigenvalue weighted by atomic mass is 32.1. The summed E-state index contributed by atoms with van der Waals surface area (Å²) < 4.78 is 0. The van der Waals surface area contributed by atoms with Gasteiger partial charge >= 0.3 is 0 Å². The summed E-state index contributed by atoms with van der Waals surface area (Å²) in [5, 5.41) is 4.29. The Kier molecular flexibility index (Phi) is 4.00. The largest absolute Gasteiger partial charge is 0.379 e. The quantitative estimate of drug-likeness (QED) is 0.860. The highest BCUT2D eigenvalue weighted by Gasteiger charge is 2.11. The zero-order valence-corrected chi connectivity index (χ0v) is 12.5. The van der Waals surface area contributed by atoms with Crippen molar-refractivity contribution >= 4 is 22.8 Å². The van der Waals surface area contributed by atoms with Crippen LogP contribution in [0.3, 0.4) is 0 Å². The Hall–Kier alpha value is -1.68. The first-order valence-electron chi connectivity index (χ1n) is 6.25. The van der Waals surface area contributed by atoms with E-state index in [0.717, 1.165) is 21.3 Å². The Balaban J connectivity index is 2.08. The van der Waals surface area contributed by atoms with E-state index in [1.165, 1.54) is 22.5 Å². The van der Waals surface area contributed by atoms with Crippen LogP contribution in [0, 0.1) is 20.8 Å². The van der Waals surface area contributed by atoms with Gasteiger partial charge in [0.15, 0.2) is 5.78 Å². The summed E-state index contributed by atoms with van der Waals surface area (Å²) in [4.78, 5) is 16.6. The van der Waals surface area contributed by atoms with Crippen LogP contribution in [0.5, 0.6) is 0 Å². The number of benzene rings is 1. The van der Waals surface area contributed by atoms with Crippen molar-refractivity contribution in [3.63, 3.8) is 0 Å². The first-order chi connectivity index (χ1) is 8.97. The minimum Gasteiger partial charge on any atom is -0.379 e. The third-order valence-electron chi connectivity index (χ3n) is 3.11. The summed E-state index contributed by atoms with van der Waals surface area (Å²) >= 11 is 1.47. The maximum atomic E-state index is 11.4. The van der Waals surface area contributed by atoms with Gasteiger partial charge in [-0.1, -0.05) is 6.07 Å². The third kappa shape index (κ3) is 3.20. The van der Waals surface area contributed by atoms with Crippen LogP contribution >= 0.6 is 11.3 Å². The van der Waals surface area contributed by atoms with Crippen LogP contribution in [-0.4, -0.2) is 10.8 Å². The normalized spacial score (nSPS) is 10.5. The number of aryl methyl sites for hydroxylation is 3. The van der Waals surface area contributed by atoms with Crippen LogP contribution in [0.25, 0.3) is 0 Å². The smallest absolute Gasteiger partial charge is 0.171 e. The number of rotatable bonds is 4. The SMILES string of the molecule is CC(=O)c1sc(CNc2ccc(C)c(C)c2)nc1C. The fraction of sp³-hybridized carbons (Fsp3) is 0.333. The van der Waals surface area contributed by atoms with Crippen molar-refractivity contribution in [2.75, 3.05) is 5.32 Å². The Morgan fingerprint density at radius 1 is 1.26 bits per heavy atom. The van der Waals surface area contributed by atoms with E-state index in [0.29, 0.717) is 6.54 Å². The van der Waals surface area contributed by atoms with Crippen LogP contribution in [0.1, 0.15) is 38.4 Å². The molecule has 0 aliphatic carbocycles. The Bertz CT molecular complexity index is 617. The number of nitrogens with one attached hydrogen (secondary N) is 1. The van der Waals surface area contributed by atoms with Crippen LogP contribution in [0.15, 0.2) is 18.2 Å². The van der Waals surface area contributed by atoms with Crippen LogP contribution in [0.4, 0.5) is 5.69 Å². The van der Waals surface area contributed by atoms with Gasteiger partial charge in [0, 0.05) is 12.6 Å². The van der Waals surface area contributed by atoms with Gasteiger partial charge < -0.3 is 5.32 Å². The van der Waals surface area contributed by atoms with Crippen LogP contribution < -0.4 is 5.32 Å². The number of hydrogen-bond acceptors (Lipinski definition) is 4. The number of carbonyl (C=O) groups is 1. The van der Waals surface area contributed by atoms with Crippen molar-refractivity contribution in [3.8, 4) is 0 Å². The Morgan fingerprint density at radius 2 is 2.00 bits per heavy atom. The highest BCUT2D eigenvalue weighted by Crippen LogP contribution is 2.20. The van der Waals surface area contributed by atoms with E-state index < -0.39 is 0 Å².